The number of nitrogens with zero attached hydrogens (tertiary/aromatic N) is 2. The maximum absolute atomic E-state index is 12.8. The molecule has 1 amide bonds. The molecule has 1 aromatic heterocycles. The van der Waals surface area contributed by atoms with E-state index in [4.69, 9.17) is 33.4 Å². The molecule has 0 spiro atoms. The minimum absolute atomic E-state index is 0.0766. The predicted octanol–water partition coefficient (Wildman–Crippen LogP) is 8.10. The SMILES string of the molecule is CC.C\C=C/C=C\C=C(/C)C[C@@H](N)c1nnc(C(CC(C)(C)C)NC(=O)CCc2ccc(Cl)cc2Cl)o1. The van der Waals surface area contributed by atoms with Gasteiger partial charge in [-0.3, -0.25) is 4.79 Å². The second-order valence-electron chi connectivity index (χ2n) is 9.83. The standard InChI is InChI=1S/C27H36Cl2N4O2.C2H6/c1-6-7-8-9-10-18(2)15-22(30)25-32-33-26(35-25)23(17-27(3,4)5)31-24(34)14-12-19-11-13-20(28)16-21(19)29;1-2/h6-11,13,16,22-23H,12,14-15,17,30H2,1-5H3,(H,31,34);1-2H3/b7-6-,9-8-,18-10+;/t22-,23?;/m1./s1. The number of hydrogen-bond acceptors (Lipinski definition) is 5. The van der Waals surface area contributed by atoms with Crippen LogP contribution in [0.5, 0.6) is 0 Å². The first-order valence-corrected chi connectivity index (χ1v) is 13.5. The number of nitrogens with one attached hydrogen (secondary N) is 1. The largest absolute Gasteiger partial charge is 0.421 e. The highest BCUT2D eigenvalue weighted by molar-refractivity contribution is 6.35. The molecule has 2 aromatic rings. The van der Waals surface area contributed by atoms with Gasteiger partial charge in [0.1, 0.15) is 6.04 Å². The van der Waals surface area contributed by atoms with Crippen LogP contribution in [0.25, 0.3) is 0 Å². The summed E-state index contributed by atoms with van der Waals surface area (Å²) in [5.74, 6) is 0.588. The Balaban J connectivity index is 0.00000334. The number of halogens is 2. The van der Waals surface area contributed by atoms with Gasteiger partial charge in [0, 0.05) is 16.5 Å². The first-order chi connectivity index (χ1) is 17.5. The van der Waals surface area contributed by atoms with Crippen LogP contribution in [0.2, 0.25) is 10.0 Å². The van der Waals surface area contributed by atoms with Gasteiger partial charge in [-0.25, -0.2) is 0 Å². The molecule has 2 rings (SSSR count). The van der Waals surface area contributed by atoms with E-state index in [0.29, 0.717) is 41.1 Å². The van der Waals surface area contributed by atoms with Crippen molar-refractivity contribution in [2.45, 2.75) is 86.2 Å². The van der Waals surface area contributed by atoms with Crippen molar-refractivity contribution < 1.29 is 9.21 Å². The number of rotatable bonds is 11. The van der Waals surface area contributed by atoms with Crippen molar-refractivity contribution in [1.29, 1.82) is 0 Å². The highest BCUT2D eigenvalue weighted by atomic mass is 35.5. The summed E-state index contributed by atoms with van der Waals surface area (Å²) < 4.78 is 5.94. The van der Waals surface area contributed by atoms with Gasteiger partial charge in [-0.2, -0.15) is 0 Å². The third-order valence-corrected chi connectivity index (χ3v) is 5.78. The van der Waals surface area contributed by atoms with E-state index in [-0.39, 0.29) is 17.7 Å². The molecule has 0 aliphatic heterocycles. The van der Waals surface area contributed by atoms with Crippen LogP contribution in [0.3, 0.4) is 0 Å². The summed E-state index contributed by atoms with van der Waals surface area (Å²) in [6.45, 7) is 14.3. The second-order valence-corrected chi connectivity index (χ2v) is 10.7. The molecule has 6 nitrogen and oxygen atoms in total. The Morgan fingerprint density at radius 3 is 2.43 bits per heavy atom. The predicted molar refractivity (Wildman–Crippen MR) is 155 cm³/mol. The summed E-state index contributed by atoms with van der Waals surface area (Å²) in [5, 5.41) is 12.6. The number of carbonyl (C=O) groups is 1. The Hall–Kier alpha value is -2.41. The number of amides is 1. The van der Waals surface area contributed by atoms with E-state index in [9.17, 15) is 4.79 Å². The van der Waals surface area contributed by atoms with Gasteiger partial charge in [0.2, 0.25) is 17.7 Å². The molecular formula is C29H42Cl2N4O2. The Bertz CT molecular complexity index is 1070. The summed E-state index contributed by atoms with van der Waals surface area (Å²) in [4.78, 5) is 12.8. The lowest BCUT2D eigenvalue weighted by Crippen LogP contribution is -2.31. The topological polar surface area (TPSA) is 94.0 Å². The molecule has 1 aromatic carbocycles. The molecule has 0 radical (unpaired) electrons. The molecule has 204 valence electrons. The summed E-state index contributed by atoms with van der Waals surface area (Å²) in [5.41, 5.74) is 8.21. The lowest BCUT2D eigenvalue weighted by Gasteiger charge is -2.24. The minimum Gasteiger partial charge on any atom is -0.421 e. The lowest BCUT2D eigenvalue weighted by atomic mass is 9.88. The molecular weight excluding hydrogens is 507 g/mol. The number of aromatic nitrogens is 2. The van der Waals surface area contributed by atoms with Gasteiger partial charge in [-0.15, -0.1) is 10.2 Å². The number of nitrogens with two attached hydrogens (primary N) is 1. The third kappa shape index (κ3) is 12.6. The number of carbonyl (C=O) groups excluding carboxylic acids is 1. The van der Waals surface area contributed by atoms with Crippen molar-refractivity contribution >= 4 is 29.1 Å². The zero-order chi connectivity index (χ0) is 28.0. The van der Waals surface area contributed by atoms with Crippen molar-refractivity contribution in [3.63, 3.8) is 0 Å². The van der Waals surface area contributed by atoms with Crippen molar-refractivity contribution in [2.24, 2.45) is 11.1 Å². The van der Waals surface area contributed by atoms with Crippen LogP contribution in [0.15, 0.2) is 58.6 Å². The number of aryl methyl sites for hydroxylation is 1. The van der Waals surface area contributed by atoms with Crippen LogP contribution in [0, 0.1) is 5.41 Å². The van der Waals surface area contributed by atoms with E-state index >= 15 is 0 Å². The van der Waals surface area contributed by atoms with Crippen LogP contribution < -0.4 is 11.1 Å². The van der Waals surface area contributed by atoms with Crippen LogP contribution in [0.4, 0.5) is 0 Å². The van der Waals surface area contributed by atoms with E-state index < -0.39 is 12.1 Å². The average Bonchev–Trinajstić information content (AvgIpc) is 3.32. The summed E-state index contributed by atoms with van der Waals surface area (Å²) in [6.07, 6.45) is 11.8. The first kappa shape index (κ1) is 32.6. The van der Waals surface area contributed by atoms with Gasteiger partial charge in [0.25, 0.3) is 0 Å². The fraction of sp³-hybridized carbons (Fsp3) is 0.483. The van der Waals surface area contributed by atoms with Crippen molar-refractivity contribution in [2.75, 3.05) is 0 Å². The number of hydrogen-bond donors (Lipinski definition) is 2. The van der Waals surface area contributed by atoms with Gasteiger partial charge in [-0.1, -0.05) is 99.8 Å². The Labute approximate surface area is 232 Å². The molecule has 0 bridgehead atoms. The van der Waals surface area contributed by atoms with Crippen LogP contribution in [0.1, 0.15) is 97.2 Å². The van der Waals surface area contributed by atoms with Crippen LogP contribution >= 0.6 is 23.2 Å². The fourth-order valence-electron chi connectivity index (χ4n) is 3.49. The second kappa shape index (κ2) is 16.4. The highest BCUT2D eigenvalue weighted by Gasteiger charge is 2.27. The van der Waals surface area contributed by atoms with E-state index in [1.165, 1.54) is 0 Å². The fourth-order valence-corrected chi connectivity index (χ4v) is 3.99. The van der Waals surface area contributed by atoms with E-state index in [1.807, 2.05) is 64.1 Å². The molecule has 8 heteroatoms. The zero-order valence-electron chi connectivity index (χ0n) is 23.1. The average molecular weight is 550 g/mol. The molecule has 0 saturated carbocycles. The summed E-state index contributed by atoms with van der Waals surface area (Å²) in [7, 11) is 0. The minimum atomic E-state index is -0.430. The van der Waals surface area contributed by atoms with Crippen molar-refractivity contribution in [3.8, 4) is 0 Å². The molecule has 2 atom stereocenters. The zero-order valence-corrected chi connectivity index (χ0v) is 24.7. The van der Waals surface area contributed by atoms with Crippen molar-refractivity contribution in [3.05, 3.63) is 81.5 Å². The van der Waals surface area contributed by atoms with Gasteiger partial charge in [0.15, 0.2) is 0 Å². The molecule has 0 fully saturated rings. The maximum atomic E-state index is 12.8. The van der Waals surface area contributed by atoms with Crippen LogP contribution in [-0.4, -0.2) is 16.1 Å². The van der Waals surface area contributed by atoms with Crippen LogP contribution in [-0.2, 0) is 11.2 Å². The quantitative estimate of drug-likeness (QED) is 0.276. The normalized spacial score (nSPS) is 13.9. The molecule has 1 unspecified atom stereocenters. The van der Waals surface area contributed by atoms with Crippen molar-refractivity contribution in [1.82, 2.24) is 15.5 Å². The van der Waals surface area contributed by atoms with Gasteiger partial charge in [-0.05, 0) is 56.2 Å². The third-order valence-electron chi connectivity index (χ3n) is 5.20. The molecule has 0 aliphatic carbocycles. The van der Waals surface area contributed by atoms with Gasteiger partial charge in [0.05, 0.1) is 6.04 Å². The van der Waals surface area contributed by atoms with E-state index in [2.05, 4.69) is 36.3 Å². The number of benzene rings is 1. The van der Waals surface area contributed by atoms with E-state index in [1.54, 1.807) is 12.1 Å². The molecule has 0 aliphatic rings. The summed E-state index contributed by atoms with van der Waals surface area (Å²) in [6, 6.07) is 4.43. The Morgan fingerprint density at radius 2 is 1.81 bits per heavy atom. The lowest BCUT2D eigenvalue weighted by molar-refractivity contribution is -0.122. The molecule has 0 saturated heterocycles. The summed E-state index contributed by atoms with van der Waals surface area (Å²) >= 11 is 12.2. The maximum Gasteiger partial charge on any atom is 0.238 e. The first-order valence-electron chi connectivity index (χ1n) is 12.8. The molecule has 1 heterocycles. The number of allylic oxidation sites excluding steroid dienone is 5. The molecule has 3 N–H and O–H groups in total. The Kier molecular flexibility index (Phi) is 14.5. The molecule has 37 heavy (non-hydrogen) atoms. The van der Waals surface area contributed by atoms with Gasteiger partial charge >= 0.3 is 0 Å². The smallest absolute Gasteiger partial charge is 0.238 e. The highest BCUT2D eigenvalue weighted by Crippen LogP contribution is 2.30. The van der Waals surface area contributed by atoms with E-state index in [0.717, 1.165) is 11.1 Å². The monoisotopic (exact) mass is 548 g/mol. The Morgan fingerprint density at radius 1 is 1.14 bits per heavy atom. The van der Waals surface area contributed by atoms with Gasteiger partial charge < -0.3 is 15.5 Å².